The van der Waals surface area contributed by atoms with Gasteiger partial charge in [0, 0.05) is 19.6 Å². The van der Waals surface area contributed by atoms with Crippen molar-refractivity contribution in [2.45, 2.75) is 19.6 Å². The van der Waals surface area contributed by atoms with Gasteiger partial charge in [0.2, 0.25) is 0 Å². The van der Waals surface area contributed by atoms with Crippen LogP contribution in [0.15, 0.2) is 54.6 Å². The van der Waals surface area contributed by atoms with Crippen LogP contribution in [-0.4, -0.2) is 51.1 Å². The minimum absolute atomic E-state index is 0.687. The molecule has 0 unspecified atom stereocenters. The summed E-state index contributed by atoms with van der Waals surface area (Å²) in [7, 11) is 0. The number of aromatic nitrogens is 9. The van der Waals surface area contributed by atoms with Crippen molar-refractivity contribution in [2.24, 2.45) is 0 Å². The molecule has 31 heavy (non-hydrogen) atoms. The Morgan fingerprint density at radius 3 is 1.19 bits per heavy atom. The number of nitrogens with zero attached hydrogens (tertiary/aromatic N) is 7. The molecule has 3 heterocycles. The lowest BCUT2D eigenvalue weighted by Crippen LogP contribution is -2.23. The number of hydrogen-bond acceptors (Lipinski definition) is 7. The second kappa shape index (κ2) is 7.26. The molecule has 0 aliphatic heterocycles. The number of fused-ring (bicyclic) bond motifs is 3. The molecule has 3 N–H and O–H groups in total. The quantitative estimate of drug-likeness (QED) is 0.385. The molecule has 0 saturated carbocycles. The van der Waals surface area contributed by atoms with E-state index in [2.05, 4.69) is 69.3 Å². The summed E-state index contributed by atoms with van der Waals surface area (Å²) in [6, 6.07) is 18.2. The molecule has 6 rings (SSSR count). The topological polar surface area (TPSA) is 128 Å². The minimum atomic E-state index is 0.687. The summed E-state index contributed by atoms with van der Waals surface area (Å²) in [6.45, 7) is 2.06. The average Bonchev–Trinajstić information content (AvgIpc) is 3.54. The summed E-state index contributed by atoms with van der Waals surface area (Å²) in [5.74, 6) is 0. The van der Waals surface area contributed by atoms with Crippen LogP contribution in [0.25, 0.3) is 33.1 Å². The predicted molar refractivity (Wildman–Crippen MR) is 115 cm³/mol. The minimum Gasteiger partial charge on any atom is -0.290 e. The van der Waals surface area contributed by atoms with E-state index < -0.39 is 0 Å². The van der Waals surface area contributed by atoms with Crippen LogP contribution >= 0.6 is 0 Å². The van der Waals surface area contributed by atoms with E-state index in [0.717, 1.165) is 49.8 Å². The van der Waals surface area contributed by atoms with E-state index in [0.29, 0.717) is 19.6 Å². The maximum atomic E-state index is 4.35. The summed E-state index contributed by atoms with van der Waals surface area (Å²) in [6.07, 6.45) is 0. The van der Waals surface area contributed by atoms with Gasteiger partial charge >= 0.3 is 0 Å². The first-order chi connectivity index (χ1) is 15.3. The summed E-state index contributed by atoms with van der Waals surface area (Å²) in [4.78, 5) is 2.34. The van der Waals surface area contributed by atoms with Gasteiger partial charge in [-0.15, -0.1) is 0 Å². The Hall–Kier alpha value is -4.18. The molecule has 0 atom stereocenters. The Morgan fingerprint density at radius 2 is 0.839 bits per heavy atom. The molecule has 0 bridgehead atoms. The smallest absolute Gasteiger partial charge is 0.117 e. The third-order valence-electron chi connectivity index (χ3n) is 5.47. The molecule has 0 radical (unpaired) electrons. The molecule has 0 amide bonds. The molecule has 0 saturated heterocycles. The fraction of sp³-hybridized carbons (Fsp3) is 0.143. The van der Waals surface area contributed by atoms with Crippen molar-refractivity contribution in [1.82, 2.24) is 51.1 Å². The van der Waals surface area contributed by atoms with Gasteiger partial charge in [-0.05, 0) is 34.9 Å². The second-order valence-electron chi connectivity index (χ2n) is 7.47. The molecule has 152 valence electrons. The first-order valence-corrected chi connectivity index (χ1v) is 9.92. The lowest BCUT2D eigenvalue weighted by atomic mass is 10.1. The van der Waals surface area contributed by atoms with Crippen molar-refractivity contribution in [3.05, 3.63) is 71.3 Å². The first-order valence-electron chi connectivity index (χ1n) is 9.92. The zero-order chi connectivity index (χ0) is 20.6. The highest BCUT2D eigenvalue weighted by molar-refractivity contribution is 5.79. The maximum absolute atomic E-state index is 4.35. The second-order valence-corrected chi connectivity index (χ2v) is 7.47. The highest BCUT2D eigenvalue weighted by Gasteiger charge is 2.16. The monoisotopic (exact) mass is 410 g/mol. The average molecular weight is 410 g/mol. The molecular formula is C21H18N10. The number of hydrogen-bond donors (Lipinski definition) is 3. The lowest BCUT2D eigenvalue weighted by Gasteiger charge is -2.23. The number of rotatable bonds is 6. The third kappa shape index (κ3) is 3.19. The van der Waals surface area contributed by atoms with E-state index in [9.17, 15) is 0 Å². The number of benzene rings is 3. The van der Waals surface area contributed by atoms with Gasteiger partial charge in [0.15, 0.2) is 0 Å². The third-order valence-corrected chi connectivity index (χ3v) is 5.47. The Balaban J connectivity index is 1.40. The normalized spacial score (nSPS) is 11.9. The van der Waals surface area contributed by atoms with Crippen LogP contribution in [0.4, 0.5) is 0 Å². The SMILES string of the molecule is c1cc(CN(Cc2cccc3n[nH]nc23)Cc2cccc3n[nH]nc23)c2n[nH]nc2c1. The van der Waals surface area contributed by atoms with Crippen molar-refractivity contribution in [2.75, 3.05) is 0 Å². The molecule has 0 aliphatic carbocycles. The van der Waals surface area contributed by atoms with Crippen molar-refractivity contribution >= 4 is 33.1 Å². The van der Waals surface area contributed by atoms with Crippen molar-refractivity contribution in [3.8, 4) is 0 Å². The van der Waals surface area contributed by atoms with Crippen LogP contribution in [0, 0.1) is 0 Å². The zero-order valence-corrected chi connectivity index (χ0v) is 16.4. The molecule has 10 heteroatoms. The van der Waals surface area contributed by atoms with Crippen LogP contribution < -0.4 is 0 Å². The molecule has 0 fully saturated rings. The van der Waals surface area contributed by atoms with Gasteiger partial charge < -0.3 is 0 Å². The Bertz CT molecular complexity index is 1310. The van der Waals surface area contributed by atoms with E-state index in [-0.39, 0.29) is 0 Å². The highest BCUT2D eigenvalue weighted by atomic mass is 15.3. The van der Waals surface area contributed by atoms with E-state index in [1.54, 1.807) is 0 Å². The van der Waals surface area contributed by atoms with Gasteiger partial charge in [-0.2, -0.15) is 46.2 Å². The van der Waals surface area contributed by atoms with Crippen LogP contribution in [0.5, 0.6) is 0 Å². The summed E-state index contributed by atoms with van der Waals surface area (Å²) < 4.78 is 0. The first kappa shape index (κ1) is 17.7. The van der Waals surface area contributed by atoms with Crippen molar-refractivity contribution in [1.29, 1.82) is 0 Å². The number of nitrogens with one attached hydrogen (secondary N) is 3. The molecule has 0 spiro atoms. The van der Waals surface area contributed by atoms with Crippen molar-refractivity contribution < 1.29 is 0 Å². The summed E-state index contributed by atoms with van der Waals surface area (Å²) in [5.41, 5.74) is 8.52. The van der Waals surface area contributed by atoms with Crippen LogP contribution in [0.1, 0.15) is 16.7 Å². The Kier molecular flexibility index (Phi) is 4.13. The molecular weight excluding hydrogens is 392 g/mol. The predicted octanol–water partition coefficient (Wildman–Crippen LogP) is 2.70. The molecule has 10 nitrogen and oxygen atoms in total. The van der Waals surface area contributed by atoms with E-state index >= 15 is 0 Å². The number of para-hydroxylation sites is 3. The lowest BCUT2D eigenvalue weighted by molar-refractivity contribution is 0.250. The molecule has 3 aromatic carbocycles. The van der Waals surface area contributed by atoms with Crippen LogP contribution in [0.2, 0.25) is 0 Å². The standard InChI is InChI=1S/C21H18N10/c1-4-13(19-16(7-1)22-28-25-19)10-31(11-14-5-2-8-17-20(14)26-29-23-17)12-15-6-3-9-18-21(15)27-30-24-18/h1-9H,10-12H2,(H,22,25,28)(H,23,26,29)(H,24,27,30). The fourth-order valence-corrected chi connectivity index (χ4v) is 4.05. The van der Waals surface area contributed by atoms with E-state index in [1.807, 2.05) is 36.4 Å². The van der Waals surface area contributed by atoms with Gasteiger partial charge in [-0.3, -0.25) is 4.90 Å². The molecule has 6 aromatic rings. The van der Waals surface area contributed by atoms with E-state index in [4.69, 9.17) is 0 Å². The Labute approximate surface area is 175 Å². The van der Waals surface area contributed by atoms with Gasteiger partial charge in [-0.25, -0.2) is 0 Å². The zero-order valence-electron chi connectivity index (χ0n) is 16.4. The van der Waals surface area contributed by atoms with Crippen LogP contribution in [0.3, 0.4) is 0 Å². The number of H-pyrrole nitrogens is 3. The number of aromatic amines is 3. The van der Waals surface area contributed by atoms with Crippen LogP contribution in [-0.2, 0) is 19.6 Å². The molecule has 3 aromatic heterocycles. The largest absolute Gasteiger partial charge is 0.290 e. The summed E-state index contributed by atoms with van der Waals surface area (Å²) in [5, 5.41) is 33.9. The van der Waals surface area contributed by atoms with Gasteiger partial charge in [0.25, 0.3) is 0 Å². The highest BCUT2D eigenvalue weighted by Crippen LogP contribution is 2.23. The van der Waals surface area contributed by atoms with Gasteiger partial charge in [-0.1, -0.05) is 36.4 Å². The Morgan fingerprint density at radius 1 is 0.484 bits per heavy atom. The fourth-order valence-electron chi connectivity index (χ4n) is 4.05. The maximum Gasteiger partial charge on any atom is 0.117 e. The molecule has 0 aliphatic rings. The van der Waals surface area contributed by atoms with E-state index in [1.165, 1.54) is 0 Å². The van der Waals surface area contributed by atoms with Crippen molar-refractivity contribution in [3.63, 3.8) is 0 Å². The van der Waals surface area contributed by atoms with Gasteiger partial charge in [0.05, 0.1) is 0 Å². The van der Waals surface area contributed by atoms with Gasteiger partial charge in [0.1, 0.15) is 33.1 Å². The summed E-state index contributed by atoms with van der Waals surface area (Å²) >= 11 is 0.